The molecule has 1 aliphatic heterocycles. The van der Waals surface area contributed by atoms with Gasteiger partial charge in [-0.3, -0.25) is 4.31 Å². The molecule has 0 spiro atoms. The molecule has 23 heavy (non-hydrogen) atoms. The molecular formula is C18H21NO3S. The maximum absolute atomic E-state index is 12.7. The fourth-order valence-electron chi connectivity index (χ4n) is 3.01. The summed E-state index contributed by atoms with van der Waals surface area (Å²) in [4.78, 5) is 0. The first-order chi connectivity index (χ1) is 11.1. The van der Waals surface area contributed by atoms with E-state index in [9.17, 15) is 13.5 Å². The van der Waals surface area contributed by atoms with Crippen molar-refractivity contribution in [1.29, 1.82) is 0 Å². The number of aliphatic hydroxyl groups excluding tert-OH is 1. The van der Waals surface area contributed by atoms with Crippen LogP contribution in [0.15, 0.2) is 54.6 Å². The molecule has 5 heteroatoms. The molecule has 0 saturated carbocycles. The van der Waals surface area contributed by atoms with Crippen molar-refractivity contribution in [3.8, 4) is 0 Å². The molecule has 3 rings (SSSR count). The van der Waals surface area contributed by atoms with Gasteiger partial charge in [-0.2, -0.15) is 0 Å². The molecule has 1 aliphatic rings. The topological polar surface area (TPSA) is 57.6 Å². The van der Waals surface area contributed by atoms with Crippen LogP contribution in [0.2, 0.25) is 0 Å². The number of nitrogens with zero attached hydrogens (tertiary/aromatic N) is 1. The minimum absolute atomic E-state index is 0.117. The predicted octanol–water partition coefficient (Wildman–Crippen LogP) is 2.89. The number of anilines is 1. The van der Waals surface area contributed by atoms with Crippen molar-refractivity contribution in [2.24, 2.45) is 0 Å². The van der Waals surface area contributed by atoms with Crippen LogP contribution in [0.4, 0.5) is 5.69 Å². The Hall–Kier alpha value is -1.85. The van der Waals surface area contributed by atoms with Crippen molar-refractivity contribution in [3.63, 3.8) is 0 Å². The van der Waals surface area contributed by atoms with E-state index in [2.05, 4.69) is 0 Å². The minimum Gasteiger partial charge on any atom is -0.388 e. The van der Waals surface area contributed by atoms with Crippen molar-refractivity contribution < 1.29 is 13.5 Å². The summed E-state index contributed by atoms with van der Waals surface area (Å²) >= 11 is 0. The standard InChI is InChI=1S/C18H21NO3S/c20-18-12-13-19(17-11-5-4-10-16(17)18)23(21,22)14-6-9-15-7-2-1-3-8-15/h1-5,7-8,10-11,18,20H,6,9,12-14H2. The van der Waals surface area contributed by atoms with E-state index in [-0.39, 0.29) is 5.75 Å². The van der Waals surface area contributed by atoms with E-state index >= 15 is 0 Å². The predicted molar refractivity (Wildman–Crippen MR) is 91.9 cm³/mol. The van der Waals surface area contributed by atoms with E-state index in [1.165, 1.54) is 4.31 Å². The number of benzene rings is 2. The molecule has 0 bridgehead atoms. The van der Waals surface area contributed by atoms with Gasteiger partial charge in [0.05, 0.1) is 17.5 Å². The average molecular weight is 331 g/mol. The van der Waals surface area contributed by atoms with E-state index in [1.54, 1.807) is 12.1 Å². The van der Waals surface area contributed by atoms with Crippen molar-refractivity contribution in [1.82, 2.24) is 0 Å². The van der Waals surface area contributed by atoms with E-state index < -0.39 is 16.1 Å². The van der Waals surface area contributed by atoms with Gasteiger partial charge in [0, 0.05) is 12.1 Å². The van der Waals surface area contributed by atoms with Gasteiger partial charge >= 0.3 is 0 Å². The van der Waals surface area contributed by atoms with Crippen LogP contribution in [-0.4, -0.2) is 25.8 Å². The lowest BCUT2D eigenvalue weighted by atomic mass is 10.0. The lowest BCUT2D eigenvalue weighted by Crippen LogP contribution is -2.38. The number of aryl methyl sites for hydroxylation is 1. The smallest absolute Gasteiger partial charge is 0.235 e. The summed E-state index contributed by atoms with van der Waals surface area (Å²) in [6, 6.07) is 17.1. The number of rotatable bonds is 5. The van der Waals surface area contributed by atoms with Gasteiger partial charge in [0.2, 0.25) is 10.0 Å². The Balaban J connectivity index is 1.72. The van der Waals surface area contributed by atoms with Crippen LogP contribution in [-0.2, 0) is 16.4 Å². The summed E-state index contributed by atoms with van der Waals surface area (Å²) in [5, 5.41) is 10.0. The Morgan fingerprint density at radius 3 is 2.52 bits per heavy atom. The number of hydrogen-bond donors (Lipinski definition) is 1. The molecule has 0 radical (unpaired) electrons. The molecule has 1 atom stereocenters. The Kier molecular flexibility index (Phi) is 4.68. The first-order valence-corrected chi connectivity index (χ1v) is 9.50. The second kappa shape index (κ2) is 6.72. The van der Waals surface area contributed by atoms with E-state index in [1.807, 2.05) is 42.5 Å². The fourth-order valence-corrected chi connectivity index (χ4v) is 4.59. The lowest BCUT2D eigenvalue weighted by Gasteiger charge is -2.33. The molecule has 2 aromatic rings. The lowest BCUT2D eigenvalue weighted by molar-refractivity contribution is 0.166. The van der Waals surface area contributed by atoms with Crippen LogP contribution in [0.1, 0.15) is 30.1 Å². The second-order valence-corrected chi connectivity index (χ2v) is 7.85. The Morgan fingerprint density at radius 1 is 1.04 bits per heavy atom. The summed E-state index contributed by atoms with van der Waals surface area (Å²) in [7, 11) is -3.37. The SMILES string of the molecule is O=S(=O)(CCCc1ccccc1)N1CCC(O)c2ccccc21. The van der Waals surface area contributed by atoms with Gasteiger partial charge in [0.1, 0.15) is 0 Å². The monoisotopic (exact) mass is 331 g/mol. The Bertz CT molecular complexity index is 759. The molecule has 1 unspecified atom stereocenters. The third-order valence-corrected chi connectivity index (χ3v) is 6.07. The molecule has 1 heterocycles. The summed E-state index contributed by atoms with van der Waals surface area (Å²) in [5.41, 5.74) is 2.47. The molecule has 0 aromatic heterocycles. The molecule has 0 saturated heterocycles. The number of fused-ring (bicyclic) bond motifs is 1. The normalized spacial score (nSPS) is 17.8. The molecule has 2 aromatic carbocycles. The molecule has 0 amide bonds. The maximum atomic E-state index is 12.7. The van der Waals surface area contributed by atoms with E-state index in [0.717, 1.165) is 12.0 Å². The Morgan fingerprint density at radius 2 is 1.74 bits per heavy atom. The molecule has 4 nitrogen and oxygen atoms in total. The summed E-state index contributed by atoms with van der Waals surface area (Å²) in [5.74, 6) is 0.117. The largest absolute Gasteiger partial charge is 0.388 e. The van der Waals surface area contributed by atoms with Crippen LogP contribution in [0.25, 0.3) is 0 Å². The third-order valence-electron chi connectivity index (χ3n) is 4.22. The van der Waals surface area contributed by atoms with Gasteiger partial charge in [-0.15, -0.1) is 0 Å². The van der Waals surface area contributed by atoms with Crippen molar-refractivity contribution in [2.75, 3.05) is 16.6 Å². The maximum Gasteiger partial charge on any atom is 0.235 e. The summed E-state index contributed by atoms with van der Waals surface area (Å²) in [6.45, 7) is 0.339. The highest BCUT2D eigenvalue weighted by Crippen LogP contribution is 2.35. The molecule has 1 N–H and O–H groups in total. The Labute approximate surface area is 137 Å². The van der Waals surface area contributed by atoms with Gasteiger partial charge in [-0.1, -0.05) is 48.5 Å². The first-order valence-electron chi connectivity index (χ1n) is 7.89. The number of sulfonamides is 1. The summed E-state index contributed by atoms with van der Waals surface area (Å²) < 4.78 is 26.8. The van der Waals surface area contributed by atoms with Crippen LogP contribution in [0.3, 0.4) is 0 Å². The molecular weight excluding hydrogens is 310 g/mol. The van der Waals surface area contributed by atoms with Crippen LogP contribution < -0.4 is 4.31 Å². The highest BCUT2D eigenvalue weighted by molar-refractivity contribution is 7.92. The van der Waals surface area contributed by atoms with Crippen molar-refractivity contribution in [2.45, 2.75) is 25.4 Å². The van der Waals surface area contributed by atoms with Gasteiger partial charge in [-0.25, -0.2) is 8.42 Å². The average Bonchev–Trinajstić information content (AvgIpc) is 2.56. The highest BCUT2D eigenvalue weighted by Gasteiger charge is 2.30. The quantitative estimate of drug-likeness (QED) is 0.916. The molecule has 0 fully saturated rings. The zero-order chi connectivity index (χ0) is 16.3. The first kappa shape index (κ1) is 16.0. The van der Waals surface area contributed by atoms with Crippen LogP contribution in [0, 0.1) is 0 Å². The van der Waals surface area contributed by atoms with Gasteiger partial charge < -0.3 is 5.11 Å². The fraction of sp³-hybridized carbons (Fsp3) is 0.333. The molecule has 122 valence electrons. The molecule has 0 aliphatic carbocycles. The second-order valence-electron chi connectivity index (χ2n) is 5.84. The van der Waals surface area contributed by atoms with Crippen LogP contribution >= 0.6 is 0 Å². The van der Waals surface area contributed by atoms with E-state index in [0.29, 0.717) is 30.6 Å². The zero-order valence-corrected chi connectivity index (χ0v) is 13.7. The van der Waals surface area contributed by atoms with Gasteiger partial charge in [0.15, 0.2) is 0 Å². The minimum atomic E-state index is -3.37. The van der Waals surface area contributed by atoms with Crippen LogP contribution in [0.5, 0.6) is 0 Å². The zero-order valence-electron chi connectivity index (χ0n) is 12.9. The van der Waals surface area contributed by atoms with Crippen molar-refractivity contribution in [3.05, 3.63) is 65.7 Å². The van der Waals surface area contributed by atoms with Crippen molar-refractivity contribution >= 4 is 15.7 Å². The third kappa shape index (κ3) is 3.57. The van der Waals surface area contributed by atoms with Gasteiger partial charge in [-0.05, 0) is 30.9 Å². The number of para-hydroxylation sites is 1. The summed E-state index contributed by atoms with van der Waals surface area (Å²) in [6.07, 6.45) is 1.20. The number of aliphatic hydroxyl groups is 1. The van der Waals surface area contributed by atoms with E-state index in [4.69, 9.17) is 0 Å². The number of hydrogen-bond acceptors (Lipinski definition) is 3. The highest BCUT2D eigenvalue weighted by atomic mass is 32.2. The van der Waals surface area contributed by atoms with Gasteiger partial charge in [0.25, 0.3) is 0 Å².